The van der Waals surface area contributed by atoms with Gasteiger partial charge in [-0.15, -0.1) is 11.3 Å². The third-order valence-corrected chi connectivity index (χ3v) is 8.35. The van der Waals surface area contributed by atoms with Crippen molar-refractivity contribution in [1.82, 2.24) is 29.8 Å². The summed E-state index contributed by atoms with van der Waals surface area (Å²) in [5.41, 5.74) is 3.64. The molecule has 188 valence electrons. The Morgan fingerprint density at radius 2 is 2.00 bits per heavy atom. The van der Waals surface area contributed by atoms with Gasteiger partial charge in [0.25, 0.3) is 11.8 Å². The molecule has 1 aliphatic carbocycles. The summed E-state index contributed by atoms with van der Waals surface area (Å²) in [7, 11) is 0. The summed E-state index contributed by atoms with van der Waals surface area (Å²) in [5.74, 6) is -0.481. The minimum atomic E-state index is -0.293. The van der Waals surface area contributed by atoms with Crippen LogP contribution in [0.3, 0.4) is 0 Å². The second-order valence-corrected chi connectivity index (χ2v) is 10.8. The van der Waals surface area contributed by atoms with Crippen LogP contribution in [-0.4, -0.2) is 62.5 Å². The molecule has 10 heteroatoms. The van der Waals surface area contributed by atoms with Crippen LogP contribution in [-0.2, 0) is 0 Å². The molecule has 5 heterocycles. The molecule has 36 heavy (non-hydrogen) atoms. The lowest BCUT2D eigenvalue weighted by Crippen LogP contribution is -2.34. The van der Waals surface area contributed by atoms with Gasteiger partial charge in [0.05, 0.1) is 33.6 Å². The van der Waals surface area contributed by atoms with Gasteiger partial charge >= 0.3 is 0 Å². The Hall–Kier alpha value is -3.63. The van der Waals surface area contributed by atoms with Crippen LogP contribution < -0.4 is 10.6 Å². The number of nitrogens with zero attached hydrogens (tertiary/aromatic N) is 5. The first-order valence-electron chi connectivity index (χ1n) is 12.2. The number of aryl methyl sites for hydroxylation is 1. The van der Waals surface area contributed by atoms with Crippen LogP contribution in [0, 0.1) is 12.3 Å². The number of pyridine rings is 2. The van der Waals surface area contributed by atoms with Gasteiger partial charge < -0.3 is 15.5 Å². The highest BCUT2D eigenvalue weighted by Crippen LogP contribution is 2.52. The number of likely N-dealkylation sites (tertiary alicyclic amines) is 1. The predicted octanol–water partition coefficient (Wildman–Crippen LogP) is 4.12. The van der Waals surface area contributed by atoms with Crippen molar-refractivity contribution in [1.29, 1.82) is 0 Å². The lowest BCUT2D eigenvalue weighted by Gasteiger charge is -2.16. The van der Waals surface area contributed by atoms with Gasteiger partial charge in [-0.25, -0.2) is 4.52 Å². The monoisotopic (exact) mass is 505 g/mol. The highest BCUT2D eigenvalue weighted by molar-refractivity contribution is 7.21. The number of rotatable bonds is 7. The van der Waals surface area contributed by atoms with E-state index in [-0.39, 0.29) is 14.7 Å². The molecule has 0 radical (unpaired) electrons. The Bertz CT molecular complexity index is 1450. The molecule has 2 N–H and O–H groups in total. The fourth-order valence-corrected chi connectivity index (χ4v) is 5.86. The van der Waals surface area contributed by atoms with Crippen molar-refractivity contribution in [2.45, 2.75) is 26.2 Å². The first-order valence-corrected chi connectivity index (χ1v) is 13.0. The van der Waals surface area contributed by atoms with Gasteiger partial charge in [-0.2, -0.15) is 5.10 Å². The molecule has 2 aliphatic rings. The maximum atomic E-state index is 13.1. The molecular formula is C26H31N7O2S. The molecule has 2 fully saturated rings. The quantitative estimate of drug-likeness (QED) is 0.392. The average Bonchev–Trinajstić information content (AvgIpc) is 3.18. The van der Waals surface area contributed by atoms with E-state index in [4.69, 9.17) is 0 Å². The van der Waals surface area contributed by atoms with Crippen molar-refractivity contribution in [3.63, 3.8) is 0 Å². The third-order valence-electron chi connectivity index (χ3n) is 7.19. The van der Waals surface area contributed by atoms with E-state index in [0.29, 0.717) is 34.5 Å². The second-order valence-electron chi connectivity index (χ2n) is 9.73. The topological polar surface area (TPSA) is 105 Å². The number of thiazole rings is 1. The van der Waals surface area contributed by atoms with E-state index in [9.17, 15) is 9.59 Å². The summed E-state index contributed by atoms with van der Waals surface area (Å²) in [6, 6.07) is 5.53. The Morgan fingerprint density at radius 3 is 2.78 bits per heavy atom. The maximum Gasteiger partial charge on any atom is 0.260 e. The van der Waals surface area contributed by atoms with E-state index in [1.54, 1.807) is 42.3 Å². The molecule has 4 aromatic rings. The van der Waals surface area contributed by atoms with Crippen LogP contribution in [0.15, 0.2) is 49.2 Å². The molecule has 1 saturated carbocycles. The molecule has 0 aromatic carbocycles. The Morgan fingerprint density at radius 1 is 1.17 bits per heavy atom. The van der Waals surface area contributed by atoms with Gasteiger partial charge in [0, 0.05) is 47.3 Å². The molecule has 1 aliphatic heterocycles. The lowest BCUT2D eigenvalue weighted by atomic mass is 10.1. The van der Waals surface area contributed by atoms with Gasteiger partial charge in [-0.1, -0.05) is 0 Å². The normalized spacial score (nSPS) is 16.5. The molecule has 0 bridgehead atoms. The lowest BCUT2D eigenvalue weighted by molar-refractivity contribution is 0.0947. The first kappa shape index (κ1) is 22.8. The van der Waals surface area contributed by atoms with E-state index in [0.717, 1.165) is 34.9 Å². The summed E-state index contributed by atoms with van der Waals surface area (Å²) in [6.07, 6.45) is 12.5. The van der Waals surface area contributed by atoms with E-state index in [2.05, 4.69) is 30.6 Å². The molecular weight excluding hydrogens is 474 g/mol. The zero-order chi connectivity index (χ0) is 24.7. The van der Waals surface area contributed by atoms with Crippen molar-refractivity contribution >= 4 is 33.7 Å². The zero-order valence-corrected chi connectivity index (χ0v) is 20.8. The van der Waals surface area contributed by atoms with Crippen molar-refractivity contribution in [2.24, 2.45) is 5.41 Å². The molecule has 1 spiro atoms. The Labute approximate surface area is 215 Å². The Kier molecular flexibility index (Phi) is 5.77. The number of hydrogen-bond acceptors (Lipinski definition) is 7. The van der Waals surface area contributed by atoms with Crippen LogP contribution in [0.5, 0.6) is 0 Å². The van der Waals surface area contributed by atoms with Crippen LogP contribution in [0.1, 0.15) is 48.5 Å². The van der Waals surface area contributed by atoms with Crippen molar-refractivity contribution in [2.75, 3.05) is 31.5 Å². The smallest absolute Gasteiger partial charge is 0.260 e. The fourth-order valence-electron chi connectivity index (χ4n) is 4.80. The highest BCUT2D eigenvalue weighted by atomic mass is 32.1. The van der Waals surface area contributed by atoms with Gasteiger partial charge in [-0.05, 0) is 61.9 Å². The number of hydrogen-bond donors (Lipinski definition) is 2. The summed E-state index contributed by atoms with van der Waals surface area (Å²) >= 11 is 1.49. The Balaban J connectivity index is 0.00000168. The molecule has 1 saturated heterocycles. The van der Waals surface area contributed by atoms with E-state index in [1.165, 1.54) is 30.6 Å². The largest absolute Gasteiger partial charge is 0.351 e. The number of fused-ring (bicyclic) bond motifs is 1. The van der Waals surface area contributed by atoms with Crippen molar-refractivity contribution in [3.8, 4) is 10.4 Å². The summed E-state index contributed by atoms with van der Waals surface area (Å²) in [4.78, 5) is 38.5. The SMILES string of the molecule is Cc1ncc(C(=O)NCCN2CCC3(CC3)C2)cc1NC(=O)c1cnn2cc(-c3ccncc3)sc12.[HH].[HH]. The minimum Gasteiger partial charge on any atom is -0.351 e. The number of aromatic nitrogens is 4. The van der Waals surface area contributed by atoms with Gasteiger partial charge in [0.2, 0.25) is 0 Å². The van der Waals surface area contributed by atoms with Crippen LogP contribution in [0.4, 0.5) is 5.69 Å². The predicted molar refractivity (Wildman–Crippen MR) is 143 cm³/mol. The molecule has 0 atom stereocenters. The first-order chi connectivity index (χ1) is 17.5. The molecule has 9 nitrogen and oxygen atoms in total. The average molecular weight is 506 g/mol. The molecule has 2 amide bonds. The minimum absolute atomic E-state index is 0. The standard InChI is InChI=1S/C26H27N7O2S.2H2/c1-17-21(12-19(13-29-17)23(34)28-9-11-32-10-6-26(16-32)4-5-26)31-24(35)20-14-30-33-15-22(36-25(20)33)18-2-7-27-8-3-18;;/h2-3,7-8,12-15H,4-6,9-11,16H2,1H3,(H,28,34)(H,31,35);2*1H. The number of carbonyl (C=O) groups is 2. The van der Waals surface area contributed by atoms with E-state index in [1.807, 2.05) is 18.3 Å². The summed E-state index contributed by atoms with van der Waals surface area (Å²) < 4.78 is 1.70. The molecule has 0 unspecified atom stereocenters. The number of nitrogens with one attached hydrogen (secondary N) is 2. The van der Waals surface area contributed by atoms with Crippen molar-refractivity contribution in [3.05, 3.63) is 66.0 Å². The van der Waals surface area contributed by atoms with Crippen LogP contribution >= 0.6 is 11.3 Å². The van der Waals surface area contributed by atoms with Gasteiger partial charge in [0.15, 0.2) is 0 Å². The van der Waals surface area contributed by atoms with Crippen LogP contribution in [0.25, 0.3) is 15.3 Å². The van der Waals surface area contributed by atoms with Crippen LogP contribution in [0.2, 0.25) is 0 Å². The second kappa shape index (κ2) is 9.11. The fraction of sp³-hybridized carbons (Fsp3) is 0.346. The molecule has 6 rings (SSSR count). The van der Waals surface area contributed by atoms with E-state index < -0.39 is 0 Å². The zero-order valence-electron chi connectivity index (χ0n) is 20.0. The number of amides is 2. The number of anilines is 1. The van der Waals surface area contributed by atoms with E-state index >= 15 is 0 Å². The van der Waals surface area contributed by atoms with Gasteiger partial charge in [-0.3, -0.25) is 19.6 Å². The summed E-state index contributed by atoms with van der Waals surface area (Å²) in [5, 5.41) is 10.3. The molecule has 4 aromatic heterocycles. The maximum absolute atomic E-state index is 13.1. The van der Waals surface area contributed by atoms with Gasteiger partial charge in [0.1, 0.15) is 4.83 Å². The van der Waals surface area contributed by atoms with Crippen molar-refractivity contribution < 1.29 is 12.4 Å². The highest BCUT2D eigenvalue weighted by Gasteiger charge is 2.47. The summed E-state index contributed by atoms with van der Waals surface area (Å²) in [6.45, 7) is 5.53. The third kappa shape index (κ3) is 4.49. The number of carbonyl (C=O) groups excluding carboxylic acids is 2.